The van der Waals surface area contributed by atoms with Gasteiger partial charge in [0.1, 0.15) is 11.6 Å². The SMILES string of the molecule is CCC(C)(C)c1cc(CC(=O)OC)ccc1OCC(=O)Nc1ccc(C)cn1. The number of aryl methyl sites for hydroxylation is 1. The summed E-state index contributed by atoms with van der Waals surface area (Å²) in [4.78, 5) is 28.0. The van der Waals surface area contributed by atoms with Crippen molar-refractivity contribution >= 4 is 17.7 Å². The summed E-state index contributed by atoms with van der Waals surface area (Å²) in [5, 5.41) is 2.72. The Morgan fingerprint density at radius 1 is 1.18 bits per heavy atom. The van der Waals surface area contributed by atoms with Crippen molar-refractivity contribution in [1.82, 2.24) is 4.98 Å². The van der Waals surface area contributed by atoms with E-state index < -0.39 is 0 Å². The van der Waals surface area contributed by atoms with Gasteiger partial charge in [0.15, 0.2) is 6.61 Å². The summed E-state index contributed by atoms with van der Waals surface area (Å²) in [6, 6.07) is 9.21. The number of nitrogens with one attached hydrogen (secondary N) is 1. The largest absolute Gasteiger partial charge is 0.483 e. The molecule has 1 heterocycles. The molecule has 150 valence electrons. The molecular weight excluding hydrogens is 356 g/mol. The quantitative estimate of drug-likeness (QED) is 0.700. The number of benzene rings is 1. The predicted octanol–water partition coefficient (Wildman–Crippen LogP) is 3.81. The van der Waals surface area contributed by atoms with E-state index in [1.165, 1.54) is 7.11 Å². The molecule has 0 aliphatic carbocycles. The number of aromatic nitrogens is 1. The zero-order valence-electron chi connectivity index (χ0n) is 17.2. The van der Waals surface area contributed by atoms with Gasteiger partial charge in [-0.1, -0.05) is 39.0 Å². The standard InChI is InChI=1S/C22H28N2O4/c1-6-22(3,4)17-11-16(12-21(26)27-5)8-9-18(17)28-14-20(25)24-19-10-7-15(2)13-23-19/h7-11,13H,6,12,14H2,1-5H3,(H,23,24,25). The predicted molar refractivity (Wildman–Crippen MR) is 109 cm³/mol. The Hall–Kier alpha value is -2.89. The first-order valence-electron chi connectivity index (χ1n) is 9.30. The van der Waals surface area contributed by atoms with Crippen LogP contribution in [0.1, 0.15) is 43.9 Å². The molecular formula is C22H28N2O4. The second-order valence-electron chi connectivity index (χ2n) is 7.38. The molecule has 0 unspecified atom stereocenters. The van der Waals surface area contributed by atoms with Crippen LogP contribution in [-0.2, 0) is 26.2 Å². The van der Waals surface area contributed by atoms with Gasteiger partial charge in [0.2, 0.25) is 0 Å². The maximum atomic E-state index is 12.2. The Bertz CT molecular complexity index is 829. The number of anilines is 1. The van der Waals surface area contributed by atoms with Crippen molar-refractivity contribution in [3.8, 4) is 5.75 Å². The molecule has 6 nitrogen and oxygen atoms in total. The van der Waals surface area contributed by atoms with Gasteiger partial charge in [0.25, 0.3) is 5.91 Å². The summed E-state index contributed by atoms with van der Waals surface area (Å²) >= 11 is 0. The topological polar surface area (TPSA) is 77.5 Å². The van der Waals surface area contributed by atoms with E-state index >= 15 is 0 Å². The highest BCUT2D eigenvalue weighted by atomic mass is 16.5. The second-order valence-corrected chi connectivity index (χ2v) is 7.38. The van der Waals surface area contributed by atoms with Crippen LogP contribution in [0, 0.1) is 6.92 Å². The summed E-state index contributed by atoms with van der Waals surface area (Å²) in [5.74, 6) is 0.545. The maximum absolute atomic E-state index is 12.2. The average Bonchev–Trinajstić information content (AvgIpc) is 2.68. The van der Waals surface area contributed by atoms with Gasteiger partial charge >= 0.3 is 5.97 Å². The number of ether oxygens (including phenoxy) is 2. The molecule has 2 rings (SSSR count). The molecule has 0 aliphatic heterocycles. The van der Waals surface area contributed by atoms with E-state index in [0.29, 0.717) is 11.6 Å². The number of rotatable bonds is 8. The van der Waals surface area contributed by atoms with Gasteiger partial charge in [-0.25, -0.2) is 4.98 Å². The van der Waals surface area contributed by atoms with E-state index in [0.717, 1.165) is 23.1 Å². The molecule has 1 aromatic heterocycles. The summed E-state index contributed by atoms with van der Waals surface area (Å²) < 4.78 is 10.6. The van der Waals surface area contributed by atoms with Gasteiger partial charge in [-0.15, -0.1) is 0 Å². The fourth-order valence-corrected chi connectivity index (χ4v) is 2.64. The number of amides is 1. The van der Waals surface area contributed by atoms with Crippen LogP contribution >= 0.6 is 0 Å². The third kappa shape index (κ3) is 5.81. The van der Waals surface area contributed by atoms with E-state index in [-0.39, 0.29) is 30.3 Å². The Balaban J connectivity index is 2.13. The lowest BCUT2D eigenvalue weighted by Gasteiger charge is -2.26. The van der Waals surface area contributed by atoms with Crippen LogP contribution in [0.2, 0.25) is 0 Å². The van der Waals surface area contributed by atoms with Crippen molar-refractivity contribution in [3.05, 3.63) is 53.2 Å². The van der Waals surface area contributed by atoms with Crippen LogP contribution in [-0.4, -0.2) is 30.6 Å². The molecule has 0 radical (unpaired) electrons. The highest BCUT2D eigenvalue weighted by Gasteiger charge is 2.24. The third-order valence-corrected chi connectivity index (χ3v) is 4.77. The second kappa shape index (κ2) is 9.35. The molecule has 1 N–H and O–H groups in total. The number of pyridine rings is 1. The van der Waals surface area contributed by atoms with Crippen molar-refractivity contribution in [2.45, 2.75) is 46.0 Å². The van der Waals surface area contributed by atoms with Crippen LogP contribution < -0.4 is 10.1 Å². The molecule has 0 bridgehead atoms. The molecule has 1 aromatic carbocycles. The van der Waals surface area contributed by atoms with Crippen LogP contribution in [0.3, 0.4) is 0 Å². The fraction of sp³-hybridized carbons (Fsp3) is 0.409. The van der Waals surface area contributed by atoms with Crippen molar-refractivity contribution in [1.29, 1.82) is 0 Å². The van der Waals surface area contributed by atoms with E-state index in [4.69, 9.17) is 9.47 Å². The number of methoxy groups -OCH3 is 1. The lowest BCUT2D eigenvalue weighted by Crippen LogP contribution is -2.23. The molecule has 0 aliphatic rings. The Labute approximate surface area is 166 Å². The smallest absolute Gasteiger partial charge is 0.309 e. The lowest BCUT2D eigenvalue weighted by atomic mass is 9.81. The van der Waals surface area contributed by atoms with Crippen molar-refractivity contribution in [2.24, 2.45) is 0 Å². The molecule has 0 saturated heterocycles. The van der Waals surface area contributed by atoms with Gasteiger partial charge in [-0.3, -0.25) is 9.59 Å². The first-order chi connectivity index (χ1) is 13.2. The van der Waals surface area contributed by atoms with Gasteiger partial charge in [-0.2, -0.15) is 0 Å². The van der Waals surface area contributed by atoms with Gasteiger partial charge in [0.05, 0.1) is 13.5 Å². The number of carbonyl (C=O) groups excluding carboxylic acids is 2. The number of carbonyl (C=O) groups is 2. The lowest BCUT2D eigenvalue weighted by molar-refractivity contribution is -0.139. The maximum Gasteiger partial charge on any atom is 0.309 e. The number of hydrogen-bond donors (Lipinski definition) is 1. The summed E-state index contributed by atoms with van der Waals surface area (Å²) in [6.07, 6.45) is 2.77. The minimum absolute atomic E-state index is 0.126. The first kappa shape index (κ1) is 21.4. The zero-order chi connectivity index (χ0) is 20.7. The fourth-order valence-electron chi connectivity index (χ4n) is 2.64. The van der Waals surface area contributed by atoms with Crippen LogP contribution in [0.5, 0.6) is 5.75 Å². The monoisotopic (exact) mass is 384 g/mol. The van der Waals surface area contributed by atoms with Crippen molar-refractivity contribution in [3.63, 3.8) is 0 Å². The highest BCUT2D eigenvalue weighted by molar-refractivity contribution is 5.90. The molecule has 2 aromatic rings. The number of hydrogen-bond acceptors (Lipinski definition) is 5. The van der Waals surface area contributed by atoms with E-state index in [1.807, 2.05) is 31.2 Å². The van der Waals surface area contributed by atoms with E-state index in [2.05, 4.69) is 31.1 Å². The van der Waals surface area contributed by atoms with E-state index in [9.17, 15) is 9.59 Å². The molecule has 0 spiro atoms. The molecule has 6 heteroatoms. The first-order valence-corrected chi connectivity index (χ1v) is 9.30. The summed E-state index contributed by atoms with van der Waals surface area (Å²) in [7, 11) is 1.37. The zero-order valence-corrected chi connectivity index (χ0v) is 17.2. The van der Waals surface area contributed by atoms with Crippen LogP contribution in [0.15, 0.2) is 36.5 Å². The Morgan fingerprint density at radius 3 is 2.54 bits per heavy atom. The molecule has 0 saturated carbocycles. The molecule has 28 heavy (non-hydrogen) atoms. The molecule has 0 fully saturated rings. The minimum Gasteiger partial charge on any atom is -0.483 e. The van der Waals surface area contributed by atoms with E-state index in [1.54, 1.807) is 12.3 Å². The summed E-state index contributed by atoms with van der Waals surface area (Å²) in [5.41, 5.74) is 2.66. The number of esters is 1. The summed E-state index contributed by atoms with van der Waals surface area (Å²) in [6.45, 7) is 8.11. The van der Waals surface area contributed by atoms with Crippen molar-refractivity contribution < 1.29 is 19.1 Å². The van der Waals surface area contributed by atoms with Crippen LogP contribution in [0.4, 0.5) is 5.82 Å². The van der Waals surface area contributed by atoms with Gasteiger partial charge < -0.3 is 14.8 Å². The third-order valence-electron chi connectivity index (χ3n) is 4.77. The Morgan fingerprint density at radius 2 is 1.93 bits per heavy atom. The Kier molecular flexibility index (Phi) is 7.15. The normalized spacial score (nSPS) is 11.0. The van der Waals surface area contributed by atoms with Gasteiger partial charge in [0, 0.05) is 11.8 Å². The van der Waals surface area contributed by atoms with Gasteiger partial charge in [-0.05, 0) is 42.0 Å². The minimum atomic E-state index is -0.293. The highest BCUT2D eigenvalue weighted by Crippen LogP contribution is 2.35. The van der Waals surface area contributed by atoms with Crippen LogP contribution in [0.25, 0.3) is 0 Å². The number of nitrogens with zero attached hydrogens (tertiary/aromatic N) is 1. The average molecular weight is 384 g/mol. The van der Waals surface area contributed by atoms with Crippen molar-refractivity contribution in [2.75, 3.05) is 19.0 Å². The molecule has 0 atom stereocenters. The molecule has 1 amide bonds.